The van der Waals surface area contributed by atoms with E-state index in [9.17, 15) is 14.4 Å². The minimum atomic E-state index is -0.663. The van der Waals surface area contributed by atoms with E-state index in [0.717, 1.165) is 38.0 Å². The van der Waals surface area contributed by atoms with Gasteiger partial charge in [0, 0.05) is 49.8 Å². The van der Waals surface area contributed by atoms with Crippen LogP contribution in [0.15, 0.2) is 33.5 Å². The monoisotopic (exact) mass is 432 g/mol. The van der Waals surface area contributed by atoms with Gasteiger partial charge in [-0.25, -0.2) is 10.6 Å². The number of fused-ring (bicyclic) bond motifs is 1. The minimum absolute atomic E-state index is 0.0266. The van der Waals surface area contributed by atoms with Gasteiger partial charge in [0.05, 0.1) is 6.61 Å². The molecule has 2 aromatic rings. The van der Waals surface area contributed by atoms with Gasteiger partial charge in [0.2, 0.25) is 5.91 Å². The van der Waals surface area contributed by atoms with E-state index in [2.05, 4.69) is 29.5 Å². The zero-order chi connectivity index (χ0) is 22.6. The fourth-order valence-corrected chi connectivity index (χ4v) is 3.22. The highest BCUT2D eigenvalue weighted by Gasteiger charge is 2.14. The highest BCUT2D eigenvalue weighted by atomic mass is 16.5. The number of hydrogen-bond donors (Lipinski definition) is 3. The van der Waals surface area contributed by atoms with Crippen molar-refractivity contribution >= 4 is 28.5 Å². The molecule has 0 unspecified atom stereocenters. The van der Waals surface area contributed by atoms with Crippen LogP contribution in [0, 0.1) is 0 Å². The molecular formula is C22H32N4O5. The van der Waals surface area contributed by atoms with Gasteiger partial charge < -0.3 is 19.4 Å². The minimum Gasteiger partial charge on any atom is -0.422 e. The maximum absolute atomic E-state index is 12.4. The molecule has 0 aliphatic carbocycles. The van der Waals surface area contributed by atoms with Crippen LogP contribution in [0.3, 0.4) is 0 Å². The summed E-state index contributed by atoms with van der Waals surface area (Å²) in [6, 6.07) is 7.18. The van der Waals surface area contributed by atoms with E-state index in [4.69, 9.17) is 15.0 Å². The predicted molar refractivity (Wildman–Crippen MR) is 120 cm³/mol. The van der Waals surface area contributed by atoms with Gasteiger partial charge in [0.1, 0.15) is 11.1 Å². The van der Waals surface area contributed by atoms with Crippen molar-refractivity contribution in [2.75, 3.05) is 37.7 Å². The Kier molecular flexibility index (Phi) is 9.99. The van der Waals surface area contributed by atoms with Crippen molar-refractivity contribution in [3.63, 3.8) is 0 Å². The molecule has 4 N–H and O–H groups in total. The number of ether oxygens (including phenoxy) is 1. The van der Waals surface area contributed by atoms with E-state index < -0.39 is 11.5 Å². The van der Waals surface area contributed by atoms with Crippen LogP contribution in [0.4, 0.5) is 5.69 Å². The second-order valence-electron chi connectivity index (χ2n) is 7.09. The molecule has 0 spiro atoms. The number of hydrogen-bond acceptors (Lipinski definition) is 7. The van der Waals surface area contributed by atoms with E-state index in [0.29, 0.717) is 30.6 Å². The average molecular weight is 433 g/mol. The van der Waals surface area contributed by atoms with Gasteiger partial charge in [-0.05, 0) is 44.9 Å². The molecule has 1 heterocycles. The molecule has 0 atom stereocenters. The van der Waals surface area contributed by atoms with Gasteiger partial charge in [-0.1, -0.05) is 6.42 Å². The van der Waals surface area contributed by atoms with Crippen molar-refractivity contribution in [3.05, 3.63) is 40.2 Å². The van der Waals surface area contributed by atoms with Crippen molar-refractivity contribution in [1.82, 2.24) is 10.7 Å². The zero-order valence-corrected chi connectivity index (χ0v) is 18.2. The van der Waals surface area contributed by atoms with E-state index in [1.54, 1.807) is 6.07 Å². The fourth-order valence-electron chi connectivity index (χ4n) is 3.22. The fraction of sp³-hybridized carbons (Fsp3) is 0.500. The van der Waals surface area contributed by atoms with Crippen molar-refractivity contribution in [1.29, 1.82) is 0 Å². The number of carbonyl (C=O) groups excluding carboxylic acids is 2. The summed E-state index contributed by atoms with van der Waals surface area (Å²) < 4.78 is 10.9. The quantitative estimate of drug-likeness (QED) is 0.145. The Morgan fingerprint density at radius 2 is 1.87 bits per heavy atom. The predicted octanol–water partition coefficient (Wildman–Crippen LogP) is 1.94. The van der Waals surface area contributed by atoms with E-state index in [1.165, 1.54) is 0 Å². The zero-order valence-electron chi connectivity index (χ0n) is 18.2. The van der Waals surface area contributed by atoms with Crippen molar-refractivity contribution in [2.45, 2.75) is 39.5 Å². The first kappa shape index (κ1) is 24.4. The molecule has 0 aliphatic heterocycles. The number of amides is 2. The molecule has 0 radical (unpaired) electrons. The SMILES string of the molecule is CCN(CC)c1ccc2cc(C(=O)NCCOCCCCCC(=O)NN)c(=O)oc2c1. The molecule has 1 aromatic carbocycles. The van der Waals surface area contributed by atoms with Crippen LogP contribution >= 0.6 is 0 Å². The van der Waals surface area contributed by atoms with E-state index in [-0.39, 0.29) is 18.0 Å². The van der Waals surface area contributed by atoms with Gasteiger partial charge >= 0.3 is 5.63 Å². The first-order valence-electron chi connectivity index (χ1n) is 10.7. The molecule has 31 heavy (non-hydrogen) atoms. The lowest BCUT2D eigenvalue weighted by Crippen LogP contribution is -2.31. The molecule has 0 saturated carbocycles. The molecule has 2 rings (SSSR count). The van der Waals surface area contributed by atoms with Gasteiger partial charge in [0.25, 0.3) is 5.91 Å². The standard InChI is InChI=1S/C22H32N4O5/c1-3-26(4-2)17-10-9-16-14-18(22(29)31-19(16)15-17)21(28)24-11-13-30-12-7-5-6-8-20(27)25-23/h9-10,14-15H,3-8,11-13,23H2,1-2H3,(H,24,28)(H,25,27). The van der Waals surface area contributed by atoms with E-state index >= 15 is 0 Å². The number of hydrazine groups is 1. The number of benzene rings is 1. The number of nitrogens with two attached hydrogens (primary N) is 1. The molecule has 170 valence electrons. The average Bonchev–Trinajstić information content (AvgIpc) is 2.77. The second kappa shape index (κ2) is 12.7. The molecule has 9 nitrogen and oxygen atoms in total. The van der Waals surface area contributed by atoms with Crippen molar-refractivity contribution in [3.8, 4) is 0 Å². The third-order valence-electron chi connectivity index (χ3n) is 4.98. The maximum Gasteiger partial charge on any atom is 0.349 e. The summed E-state index contributed by atoms with van der Waals surface area (Å²) in [5, 5.41) is 3.37. The molecule has 0 aliphatic rings. The molecule has 9 heteroatoms. The van der Waals surface area contributed by atoms with Crippen LogP contribution in [-0.2, 0) is 9.53 Å². The summed E-state index contributed by atoms with van der Waals surface area (Å²) in [6.07, 6.45) is 2.82. The van der Waals surface area contributed by atoms with Gasteiger partial charge in [-0.3, -0.25) is 15.0 Å². The summed E-state index contributed by atoms with van der Waals surface area (Å²) in [5.74, 6) is 4.35. The number of rotatable bonds is 13. The van der Waals surface area contributed by atoms with Crippen molar-refractivity contribution in [2.24, 2.45) is 5.84 Å². The van der Waals surface area contributed by atoms with Gasteiger partial charge in [0.15, 0.2) is 0 Å². The first-order chi connectivity index (χ1) is 15.0. The van der Waals surface area contributed by atoms with Crippen LogP contribution in [0.2, 0.25) is 0 Å². The highest BCUT2D eigenvalue weighted by molar-refractivity contribution is 5.97. The normalized spacial score (nSPS) is 10.8. The Hall–Kier alpha value is -2.91. The lowest BCUT2D eigenvalue weighted by Gasteiger charge is -2.21. The van der Waals surface area contributed by atoms with Crippen LogP contribution in [0.25, 0.3) is 11.0 Å². The first-order valence-corrected chi connectivity index (χ1v) is 10.7. The summed E-state index contributed by atoms with van der Waals surface area (Å²) >= 11 is 0. The molecular weight excluding hydrogens is 400 g/mol. The number of carbonyl (C=O) groups is 2. The summed E-state index contributed by atoms with van der Waals surface area (Å²) in [6.45, 7) is 6.97. The second-order valence-corrected chi connectivity index (χ2v) is 7.09. The molecule has 0 fully saturated rings. The number of nitrogens with one attached hydrogen (secondary N) is 2. The largest absolute Gasteiger partial charge is 0.422 e. The van der Waals surface area contributed by atoms with E-state index in [1.807, 2.05) is 18.2 Å². The molecule has 1 aromatic heterocycles. The molecule has 0 bridgehead atoms. The maximum atomic E-state index is 12.4. The third kappa shape index (κ3) is 7.37. The Labute approximate surface area is 181 Å². The third-order valence-corrected chi connectivity index (χ3v) is 4.98. The highest BCUT2D eigenvalue weighted by Crippen LogP contribution is 2.21. The summed E-state index contributed by atoms with van der Waals surface area (Å²) in [4.78, 5) is 37.8. The smallest absolute Gasteiger partial charge is 0.349 e. The Morgan fingerprint density at radius 1 is 1.10 bits per heavy atom. The van der Waals surface area contributed by atoms with Gasteiger partial charge in [-0.15, -0.1) is 0 Å². The molecule has 0 saturated heterocycles. The molecule has 2 amide bonds. The topological polar surface area (TPSA) is 127 Å². The lowest BCUT2D eigenvalue weighted by molar-refractivity contribution is -0.121. The van der Waals surface area contributed by atoms with Crippen LogP contribution in [-0.4, -0.2) is 44.7 Å². The lowest BCUT2D eigenvalue weighted by atomic mass is 10.1. The van der Waals surface area contributed by atoms with Crippen molar-refractivity contribution < 1.29 is 18.7 Å². The number of anilines is 1. The van der Waals surface area contributed by atoms with Gasteiger partial charge in [-0.2, -0.15) is 0 Å². The Bertz CT molecular complexity index is 924. The van der Waals surface area contributed by atoms with Crippen LogP contribution < -0.4 is 27.1 Å². The summed E-state index contributed by atoms with van der Waals surface area (Å²) in [7, 11) is 0. The summed E-state index contributed by atoms with van der Waals surface area (Å²) in [5.41, 5.74) is 2.83. The number of nitrogens with zero attached hydrogens (tertiary/aromatic N) is 1. The van der Waals surface area contributed by atoms with Crippen LogP contribution in [0.5, 0.6) is 0 Å². The Morgan fingerprint density at radius 3 is 2.58 bits per heavy atom. The number of unbranched alkanes of at least 4 members (excludes halogenated alkanes) is 2. The van der Waals surface area contributed by atoms with Crippen LogP contribution in [0.1, 0.15) is 49.9 Å². The Balaban J connectivity index is 1.80.